The number of hydrogen-bond acceptors (Lipinski definition) is 4. The second-order valence-electron chi connectivity index (χ2n) is 6.51. The molecule has 3 nitrogen and oxygen atoms in total. The van der Waals surface area contributed by atoms with Gasteiger partial charge in [0.1, 0.15) is 0 Å². The van der Waals surface area contributed by atoms with Crippen LogP contribution in [-0.2, 0) is 0 Å². The van der Waals surface area contributed by atoms with Crippen molar-refractivity contribution in [2.45, 2.75) is 50.7 Å². The Balaban J connectivity index is 1.76. The number of nitrogens with zero attached hydrogens (tertiary/aromatic N) is 1. The summed E-state index contributed by atoms with van der Waals surface area (Å²) in [6.45, 7) is 4.84. The van der Waals surface area contributed by atoms with Crippen molar-refractivity contribution in [3.8, 4) is 0 Å². The van der Waals surface area contributed by atoms with Gasteiger partial charge in [-0.3, -0.25) is 4.90 Å². The van der Waals surface area contributed by atoms with Crippen LogP contribution >= 0.6 is 11.3 Å². The zero-order valence-electron chi connectivity index (χ0n) is 12.3. The summed E-state index contributed by atoms with van der Waals surface area (Å²) in [6.07, 6.45) is 5.55. The summed E-state index contributed by atoms with van der Waals surface area (Å²) in [5.41, 5.74) is 7.03. The lowest BCUT2D eigenvalue weighted by atomic mass is 9.71. The Bertz CT molecular complexity index is 461. The molecule has 112 valence electrons. The Kier molecular flexibility index (Phi) is 4.18. The number of fused-ring (bicyclic) bond motifs is 1. The van der Waals surface area contributed by atoms with Crippen LogP contribution in [0.15, 0.2) is 11.4 Å². The molecule has 3 unspecified atom stereocenters. The fourth-order valence-electron chi connectivity index (χ4n) is 4.03. The molecule has 20 heavy (non-hydrogen) atoms. The smallest absolute Gasteiger partial charge is 0.0700 e. The molecule has 1 aliphatic heterocycles. The van der Waals surface area contributed by atoms with E-state index in [-0.39, 0.29) is 0 Å². The molecule has 1 saturated carbocycles. The summed E-state index contributed by atoms with van der Waals surface area (Å²) in [7, 11) is 0. The van der Waals surface area contributed by atoms with Gasteiger partial charge in [0.2, 0.25) is 0 Å². The van der Waals surface area contributed by atoms with E-state index in [0.717, 1.165) is 25.9 Å². The standard InChI is InChI=1S/C16H26N2OS/c1-12-5-9-20-15(12)14(10-17)18-8-7-16(19)6-3-2-4-13(16)11-18/h5,9,13-14,19H,2-4,6-8,10-11,17H2,1H3. The minimum absolute atomic E-state index is 0.335. The first-order chi connectivity index (χ1) is 9.64. The Labute approximate surface area is 125 Å². The molecule has 0 radical (unpaired) electrons. The molecule has 2 fully saturated rings. The van der Waals surface area contributed by atoms with Crippen molar-refractivity contribution in [2.24, 2.45) is 11.7 Å². The number of piperidine rings is 1. The molecule has 0 amide bonds. The summed E-state index contributed by atoms with van der Waals surface area (Å²) in [6, 6.07) is 2.52. The molecule has 1 aliphatic carbocycles. The number of aryl methyl sites for hydroxylation is 1. The second kappa shape index (κ2) is 5.76. The van der Waals surface area contributed by atoms with Gasteiger partial charge in [0.05, 0.1) is 11.6 Å². The lowest BCUT2D eigenvalue weighted by Crippen LogP contribution is -2.54. The van der Waals surface area contributed by atoms with Crippen LogP contribution in [0.4, 0.5) is 0 Å². The van der Waals surface area contributed by atoms with Crippen molar-refractivity contribution in [3.63, 3.8) is 0 Å². The van der Waals surface area contributed by atoms with Crippen LogP contribution in [0.3, 0.4) is 0 Å². The van der Waals surface area contributed by atoms with E-state index < -0.39 is 5.60 Å². The molecule has 1 saturated heterocycles. The average Bonchev–Trinajstić information content (AvgIpc) is 2.86. The summed E-state index contributed by atoms with van der Waals surface area (Å²) in [5, 5.41) is 13.0. The van der Waals surface area contributed by atoms with Crippen molar-refractivity contribution in [1.82, 2.24) is 4.90 Å². The summed E-state index contributed by atoms with van der Waals surface area (Å²) in [5.74, 6) is 0.444. The highest BCUT2D eigenvalue weighted by molar-refractivity contribution is 7.10. The fourth-order valence-corrected chi connectivity index (χ4v) is 5.10. The predicted octanol–water partition coefficient (Wildman–Crippen LogP) is 2.68. The molecule has 4 heteroatoms. The zero-order chi connectivity index (χ0) is 14.2. The molecular weight excluding hydrogens is 268 g/mol. The first-order valence-electron chi connectivity index (χ1n) is 7.84. The number of hydrogen-bond donors (Lipinski definition) is 2. The van der Waals surface area contributed by atoms with Crippen molar-refractivity contribution >= 4 is 11.3 Å². The minimum Gasteiger partial charge on any atom is -0.390 e. The number of nitrogens with two attached hydrogens (primary N) is 1. The van der Waals surface area contributed by atoms with Crippen LogP contribution in [0.5, 0.6) is 0 Å². The summed E-state index contributed by atoms with van der Waals surface area (Å²) in [4.78, 5) is 3.93. The number of likely N-dealkylation sites (tertiary alicyclic amines) is 1. The number of rotatable bonds is 3. The molecule has 0 aromatic carbocycles. The van der Waals surface area contributed by atoms with Crippen molar-refractivity contribution in [3.05, 3.63) is 21.9 Å². The van der Waals surface area contributed by atoms with Gasteiger partial charge in [-0.15, -0.1) is 11.3 Å². The van der Waals surface area contributed by atoms with E-state index in [1.807, 2.05) is 11.3 Å². The Morgan fingerprint density at radius 2 is 2.35 bits per heavy atom. The van der Waals surface area contributed by atoms with E-state index in [9.17, 15) is 5.11 Å². The van der Waals surface area contributed by atoms with Crippen LogP contribution in [0.2, 0.25) is 0 Å². The van der Waals surface area contributed by atoms with Gasteiger partial charge in [0.15, 0.2) is 0 Å². The summed E-state index contributed by atoms with van der Waals surface area (Å²) >= 11 is 1.82. The van der Waals surface area contributed by atoms with Crippen molar-refractivity contribution < 1.29 is 5.11 Å². The first kappa shape index (κ1) is 14.5. The molecular formula is C16H26N2OS. The van der Waals surface area contributed by atoms with Crippen LogP contribution in [0, 0.1) is 12.8 Å². The molecule has 3 atom stereocenters. The highest BCUT2D eigenvalue weighted by Crippen LogP contribution is 2.42. The van der Waals surface area contributed by atoms with E-state index in [4.69, 9.17) is 5.73 Å². The highest BCUT2D eigenvalue weighted by atomic mass is 32.1. The lowest BCUT2D eigenvalue weighted by molar-refractivity contribution is -0.102. The highest BCUT2D eigenvalue weighted by Gasteiger charge is 2.44. The van der Waals surface area contributed by atoms with E-state index in [1.165, 1.54) is 29.7 Å². The van der Waals surface area contributed by atoms with Gasteiger partial charge in [0, 0.05) is 30.4 Å². The predicted molar refractivity (Wildman–Crippen MR) is 83.9 cm³/mol. The molecule has 1 aromatic rings. The Morgan fingerprint density at radius 3 is 3.05 bits per heavy atom. The average molecular weight is 294 g/mol. The number of thiophene rings is 1. The third-order valence-electron chi connectivity index (χ3n) is 5.33. The summed E-state index contributed by atoms with van der Waals surface area (Å²) < 4.78 is 0. The van der Waals surface area contributed by atoms with Gasteiger partial charge in [-0.25, -0.2) is 0 Å². The van der Waals surface area contributed by atoms with Gasteiger partial charge in [-0.1, -0.05) is 12.8 Å². The molecule has 1 aromatic heterocycles. The monoisotopic (exact) mass is 294 g/mol. The Hall–Kier alpha value is -0.420. The van der Waals surface area contributed by atoms with Crippen LogP contribution < -0.4 is 5.73 Å². The molecule has 0 bridgehead atoms. The maximum atomic E-state index is 10.8. The van der Waals surface area contributed by atoms with Gasteiger partial charge >= 0.3 is 0 Å². The van der Waals surface area contributed by atoms with Gasteiger partial charge in [0.25, 0.3) is 0 Å². The van der Waals surface area contributed by atoms with Crippen molar-refractivity contribution in [2.75, 3.05) is 19.6 Å². The van der Waals surface area contributed by atoms with Crippen LogP contribution in [0.25, 0.3) is 0 Å². The normalized spacial score (nSPS) is 32.9. The van der Waals surface area contributed by atoms with E-state index in [2.05, 4.69) is 23.3 Å². The quantitative estimate of drug-likeness (QED) is 0.901. The topological polar surface area (TPSA) is 49.5 Å². The maximum absolute atomic E-state index is 10.8. The van der Waals surface area contributed by atoms with Gasteiger partial charge in [-0.2, -0.15) is 0 Å². The second-order valence-corrected chi connectivity index (χ2v) is 7.46. The van der Waals surface area contributed by atoms with Crippen LogP contribution in [-0.4, -0.2) is 35.2 Å². The SMILES string of the molecule is Cc1ccsc1C(CN)N1CCC2(O)CCCCC2C1. The molecule has 0 spiro atoms. The largest absolute Gasteiger partial charge is 0.390 e. The van der Waals surface area contributed by atoms with Crippen LogP contribution in [0.1, 0.15) is 48.6 Å². The first-order valence-corrected chi connectivity index (χ1v) is 8.72. The molecule has 3 rings (SSSR count). The molecule has 2 heterocycles. The molecule has 3 N–H and O–H groups in total. The van der Waals surface area contributed by atoms with Gasteiger partial charge in [-0.05, 0) is 43.2 Å². The Morgan fingerprint density at radius 1 is 1.50 bits per heavy atom. The van der Waals surface area contributed by atoms with E-state index in [0.29, 0.717) is 18.5 Å². The zero-order valence-corrected chi connectivity index (χ0v) is 13.2. The van der Waals surface area contributed by atoms with Gasteiger partial charge < -0.3 is 10.8 Å². The molecule has 2 aliphatic rings. The van der Waals surface area contributed by atoms with Crippen molar-refractivity contribution in [1.29, 1.82) is 0 Å². The number of aliphatic hydroxyl groups is 1. The maximum Gasteiger partial charge on any atom is 0.0700 e. The van der Waals surface area contributed by atoms with E-state index >= 15 is 0 Å². The third kappa shape index (κ3) is 2.54. The fraction of sp³-hybridized carbons (Fsp3) is 0.750. The third-order valence-corrected chi connectivity index (χ3v) is 6.45. The minimum atomic E-state index is -0.390. The van der Waals surface area contributed by atoms with E-state index in [1.54, 1.807) is 0 Å². The lowest BCUT2D eigenvalue weighted by Gasteiger charge is -2.49.